The molecule has 27 heteroatoms. The lowest BCUT2D eigenvalue weighted by Crippen LogP contribution is -2.64. The van der Waals surface area contributed by atoms with E-state index in [-0.39, 0.29) is 81.6 Å². The van der Waals surface area contributed by atoms with Crippen molar-refractivity contribution in [1.82, 2.24) is 16.0 Å². The van der Waals surface area contributed by atoms with Crippen LogP contribution < -0.4 is 20.7 Å². The molecule has 0 spiro atoms. The number of oxime groups is 1. The average Bonchev–Trinajstić information content (AvgIpc) is 3.94. The first-order valence-corrected chi connectivity index (χ1v) is 22.4. The molecule has 3 amide bonds. The Morgan fingerprint density at radius 3 is 2.36 bits per heavy atom. The highest BCUT2D eigenvalue weighted by Gasteiger charge is 2.65. The number of unbranched alkanes of at least 4 members (excludes halogenated alkanes) is 1. The van der Waals surface area contributed by atoms with E-state index in [1.54, 1.807) is 0 Å². The molecule has 0 bridgehead atoms. The van der Waals surface area contributed by atoms with Gasteiger partial charge in [-0.1, -0.05) is 23.7 Å². The molecule has 1 aromatic rings. The summed E-state index contributed by atoms with van der Waals surface area (Å²) in [5.74, 6) is 0.833. The molecule has 66 heavy (non-hydrogen) atoms. The lowest BCUT2D eigenvalue weighted by molar-refractivity contribution is -0.358. The molecule has 4 fully saturated rings. The van der Waals surface area contributed by atoms with Crippen LogP contribution in [0.2, 0.25) is 0 Å². The highest BCUT2D eigenvalue weighted by Crippen LogP contribution is 2.53. The summed E-state index contributed by atoms with van der Waals surface area (Å²) in [4.78, 5) is 29.0. The summed E-state index contributed by atoms with van der Waals surface area (Å²) < 4.78 is 79.9. The number of nitrogens with zero attached hydrogens (tertiary/aromatic N) is 3. The van der Waals surface area contributed by atoms with E-state index in [4.69, 9.17) is 38.0 Å². The number of hydrogen-bond acceptors (Lipinski definition) is 21. The van der Waals surface area contributed by atoms with Crippen molar-refractivity contribution in [2.24, 2.45) is 15.4 Å². The monoisotopic (exact) mass is 970 g/mol. The number of halogens is 3. The van der Waals surface area contributed by atoms with Gasteiger partial charge in [0.05, 0.1) is 64.5 Å². The number of ether oxygens (including phenoxy) is 7. The lowest BCUT2D eigenvalue weighted by Gasteiger charge is -2.45. The Balaban J connectivity index is 0.872. The first-order valence-electron chi connectivity index (χ1n) is 21.4. The molecule has 0 unspecified atom stereocenters. The van der Waals surface area contributed by atoms with Gasteiger partial charge in [-0.2, -0.15) is 24.9 Å². The van der Waals surface area contributed by atoms with Crippen LogP contribution in [0.15, 0.2) is 33.6 Å². The normalized spacial score (nSPS) is 32.5. The van der Waals surface area contributed by atoms with Crippen molar-refractivity contribution < 1.29 is 96.5 Å². The molecule has 0 aromatic heterocycles. The van der Waals surface area contributed by atoms with Crippen molar-refractivity contribution in [2.75, 3.05) is 65.2 Å². The second-order valence-corrected chi connectivity index (χ2v) is 17.2. The topological polar surface area (TPSA) is 323 Å². The van der Waals surface area contributed by atoms with Gasteiger partial charge in [0.1, 0.15) is 67.8 Å². The summed E-state index contributed by atoms with van der Waals surface area (Å²) in [5, 5.41) is 90.4. The molecular formula is C39H57F3N6O17S. The highest BCUT2D eigenvalue weighted by molar-refractivity contribution is 8.00. The summed E-state index contributed by atoms with van der Waals surface area (Å²) in [6, 6.07) is 3.86. The molecular weight excluding hydrogens is 914 g/mol. The zero-order valence-electron chi connectivity index (χ0n) is 35.5. The van der Waals surface area contributed by atoms with Crippen LogP contribution in [-0.4, -0.2) is 204 Å². The fourth-order valence-corrected chi connectivity index (χ4v) is 9.19. The van der Waals surface area contributed by atoms with E-state index in [0.29, 0.717) is 23.8 Å². The Labute approximate surface area is 380 Å². The van der Waals surface area contributed by atoms with Crippen LogP contribution in [-0.2, 0) is 50.3 Å². The van der Waals surface area contributed by atoms with Crippen LogP contribution in [0.25, 0.3) is 0 Å². The number of fused-ring (bicyclic) bond motifs is 1. The van der Waals surface area contributed by atoms with E-state index in [1.165, 1.54) is 12.1 Å². The molecule has 6 rings (SSSR count). The largest absolute Gasteiger partial charge is 0.491 e. The summed E-state index contributed by atoms with van der Waals surface area (Å²) >= 11 is 1.84. The number of aliphatic hydroxyl groups excluding tert-OH is 7. The maximum Gasteiger partial charge on any atom is 0.442 e. The number of aliphatic hydroxyl groups is 7. The van der Waals surface area contributed by atoms with Crippen molar-refractivity contribution in [3.05, 3.63) is 29.3 Å². The first kappa shape index (κ1) is 51.8. The number of alkyl halides is 3. The number of urea groups is 1. The number of benzene rings is 1. The minimum absolute atomic E-state index is 0.0180. The molecule has 13 atom stereocenters. The Morgan fingerprint density at radius 2 is 1.64 bits per heavy atom. The minimum Gasteiger partial charge on any atom is -0.491 e. The van der Waals surface area contributed by atoms with Crippen LogP contribution in [0, 0.1) is 0 Å². The summed E-state index contributed by atoms with van der Waals surface area (Å²) in [6.07, 6.45) is -17.0. The third kappa shape index (κ3) is 13.2. The summed E-state index contributed by atoms with van der Waals surface area (Å²) in [7, 11) is 0. The Kier molecular flexibility index (Phi) is 19.0. The van der Waals surface area contributed by atoms with Gasteiger partial charge in [-0.3, -0.25) is 4.79 Å². The molecule has 5 aliphatic heterocycles. The number of carbonyl (C=O) groups excluding carboxylic acids is 2. The lowest BCUT2D eigenvalue weighted by atomic mass is 9.97. The molecule has 0 aliphatic carbocycles. The Morgan fingerprint density at radius 1 is 0.924 bits per heavy atom. The SMILES string of the molecule is O=C(CCCC[C@@H]1SC[C@@H]2NC(=O)N[C@@H]21)NCCOCCOCCOc1cc(C2(C(F)(F)F)N=N2)ccc1CO/N=C/CO[C@@H]1O[C@H](CO)[C@@H](O[C@@H]2O[C@H](CO)[C@H](O)[C@H](O)[C@H]2O)[C@H](O)[C@H]1O. The maximum atomic E-state index is 13.8. The van der Waals surface area contributed by atoms with E-state index < -0.39 is 86.5 Å². The zero-order valence-corrected chi connectivity index (χ0v) is 36.3. The molecule has 0 saturated carbocycles. The molecule has 4 saturated heterocycles. The van der Waals surface area contributed by atoms with Gasteiger partial charge in [-0.25, -0.2) is 4.79 Å². The average molecular weight is 971 g/mol. The highest BCUT2D eigenvalue weighted by atomic mass is 32.2. The van der Waals surface area contributed by atoms with E-state index in [2.05, 4.69) is 31.3 Å². The molecule has 1 aromatic carbocycles. The van der Waals surface area contributed by atoms with Gasteiger partial charge in [0.25, 0.3) is 0 Å². The van der Waals surface area contributed by atoms with Crippen molar-refractivity contribution in [3.8, 4) is 5.75 Å². The number of nitrogens with one attached hydrogen (secondary N) is 3. The van der Waals surface area contributed by atoms with E-state index >= 15 is 0 Å². The molecule has 5 aliphatic rings. The quantitative estimate of drug-likeness (QED) is 0.0213. The van der Waals surface area contributed by atoms with Crippen molar-refractivity contribution >= 4 is 29.9 Å². The standard InChI is InChI=1S/C39H57F3N6O17S/c40-39(41,42)38(47-48-38)21-6-5-20(18-62-44-8-10-61-35-33(56)31(54)34(25(17-50)64-35)65-36-32(55)30(53)29(52)24(16-49)63-36)23(15-21)60-14-13-59-12-11-58-9-7-43-27(51)4-2-1-3-26-28-22(19-66-26)45-37(57)46-28/h5-6,8,15,22,24-26,28-36,49-50,52-56H,1-4,7,9-14,16-19H2,(H,43,51)(H2,45,46,57)/b44-8+/t22-,24+,25+,26-,28-,29-,30-,31+,32+,33+,34+,35+,36-/m0/s1. The predicted molar refractivity (Wildman–Crippen MR) is 219 cm³/mol. The van der Waals surface area contributed by atoms with Crippen LogP contribution >= 0.6 is 11.8 Å². The number of carbonyl (C=O) groups is 2. The maximum absolute atomic E-state index is 13.8. The molecule has 5 heterocycles. The number of hydrogen-bond donors (Lipinski definition) is 10. The van der Waals surface area contributed by atoms with E-state index in [1.807, 2.05) is 11.8 Å². The minimum atomic E-state index is -4.78. The van der Waals surface area contributed by atoms with E-state index in [9.17, 15) is 58.5 Å². The zero-order chi connectivity index (χ0) is 47.4. The summed E-state index contributed by atoms with van der Waals surface area (Å²) in [6.45, 7) is -1.22. The van der Waals surface area contributed by atoms with E-state index in [0.717, 1.165) is 37.3 Å². The first-order chi connectivity index (χ1) is 31.7. The van der Waals surface area contributed by atoms with Crippen molar-refractivity contribution in [3.63, 3.8) is 0 Å². The fraction of sp³-hybridized carbons (Fsp3) is 0.769. The fourth-order valence-electron chi connectivity index (χ4n) is 7.65. The van der Waals surface area contributed by atoms with Gasteiger partial charge in [-0.05, 0) is 18.9 Å². The number of thioether (sulfide) groups is 1. The molecule has 372 valence electrons. The van der Waals surface area contributed by atoms with Crippen LogP contribution in [0.4, 0.5) is 18.0 Å². The van der Waals surface area contributed by atoms with Gasteiger partial charge in [0.15, 0.2) is 12.6 Å². The third-order valence-corrected chi connectivity index (χ3v) is 12.8. The van der Waals surface area contributed by atoms with Gasteiger partial charge in [0.2, 0.25) is 5.91 Å². The summed E-state index contributed by atoms with van der Waals surface area (Å²) in [5.41, 5.74) is -2.68. The second-order valence-electron chi connectivity index (χ2n) is 15.9. The smallest absolute Gasteiger partial charge is 0.442 e. The van der Waals surface area contributed by atoms with Crippen LogP contribution in [0.3, 0.4) is 0 Å². The van der Waals surface area contributed by atoms with Gasteiger partial charge < -0.3 is 89.7 Å². The Bertz CT molecular complexity index is 1780. The van der Waals surface area contributed by atoms with Gasteiger partial charge >= 0.3 is 17.9 Å². The second kappa shape index (κ2) is 24.1. The molecule has 23 nitrogen and oxygen atoms in total. The van der Waals surface area contributed by atoms with Gasteiger partial charge in [0, 0.05) is 35.1 Å². The Hall–Kier alpha value is -3.55. The molecule has 10 N–H and O–H groups in total. The third-order valence-electron chi connectivity index (χ3n) is 11.3. The van der Waals surface area contributed by atoms with Crippen LogP contribution in [0.5, 0.6) is 5.75 Å². The van der Waals surface area contributed by atoms with Crippen LogP contribution in [0.1, 0.15) is 36.8 Å². The predicted octanol–water partition coefficient (Wildman–Crippen LogP) is -1.74. The van der Waals surface area contributed by atoms with Gasteiger partial charge in [-0.15, -0.1) is 10.2 Å². The number of rotatable bonds is 26. The van der Waals surface area contributed by atoms with Crippen molar-refractivity contribution in [1.29, 1.82) is 0 Å². The molecule has 0 radical (unpaired) electrons. The number of amides is 3. The van der Waals surface area contributed by atoms with Crippen molar-refractivity contribution in [2.45, 2.75) is 123 Å².